The molecule has 0 saturated heterocycles. The highest BCUT2D eigenvalue weighted by atomic mass is 35.5. The van der Waals surface area contributed by atoms with Crippen LogP contribution in [0, 0.1) is 0 Å². The minimum absolute atomic E-state index is 0.213. The number of amides is 4. The summed E-state index contributed by atoms with van der Waals surface area (Å²) >= 11 is 27.7. The normalized spacial score (nSPS) is 15.6. The van der Waals surface area contributed by atoms with Crippen LogP contribution < -0.4 is 0 Å². The van der Waals surface area contributed by atoms with Crippen LogP contribution in [-0.2, 0) is 0 Å². The van der Waals surface area contributed by atoms with Crippen molar-refractivity contribution in [2.75, 3.05) is 0 Å². The molecule has 5 aromatic carbocycles. The van der Waals surface area contributed by atoms with Crippen LogP contribution in [0.2, 0.25) is 20.1 Å². The topological polar surface area (TPSA) is 74.8 Å². The Morgan fingerprint density at radius 1 is 0.425 bits per heavy atom. The Morgan fingerprint density at radius 3 is 0.850 bits per heavy atom. The molecule has 0 bridgehead atoms. The molecule has 0 unspecified atom stereocenters. The van der Waals surface area contributed by atoms with E-state index >= 15 is 0 Å². The van der Waals surface area contributed by atoms with Crippen LogP contribution in [0.4, 0.5) is 0 Å². The molecule has 4 amide bonds. The van der Waals surface area contributed by atoms with Gasteiger partial charge in [-0.15, -0.1) is 0 Å². The van der Waals surface area contributed by atoms with Crippen LogP contribution in [0.25, 0.3) is 43.1 Å². The van der Waals surface area contributed by atoms with E-state index in [0.29, 0.717) is 43.1 Å². The lowest BCUT2D eigenvalue weighted by atomic mass is 9.81. The Balaban J connectivity index is 1.78. The lowest BCUT2D eigenvalue weighted by Gasteiger charge is -2.33. The average Bonchev–Trinajstić information content (AvgIpc) is 2.87. The number of halogens is 4. The summed E-state index contributed by atoms with van der Waals surface area (Å²) in [6, 6.07) is 5.38. The highest BCUT2D eigenvalue weighted by Crippen LogP contribution is 2.53. The van der Waals surface area contributed by atoms with Gasteiger partial charge in [0, 0.05) is 75.3 Å². The van der Waals surface area contributed by atoms with Crippen molar-refractivity contribution in [1.82, 2.24) is 9.80 Å². The van der Waals surface area contributed by atoms with Crippen molar-refractivity contribution in [2.45, 2.75) is 39.8 Å². The molecule has 0 saturated carbocycles. The van der Waals surface area contributed by atoms with Gasteiger partial charge in [-0.3, -0.25) is 29.0 Å². The largest absolute Gasteiger partial charge is 0.272 e. The zero-order valence-corrected chi connectivity index (χ0v) is 24.5. The van der Waals surface area contributed by atoms with Gasteiger partial charge in [-0.1, -0.05) is 46.4 Å². The first-order valence-electron chi connectivity index (χ1n) is 12.6. The summed E-state index contributed by atoms with van der Waals surface area (Å²) < 4.78 is 0. The second-order valence-corrected chi connectivity index (χ2v) is 12.4. The third kappa shape index (κ3) is 2.92. The molecule has 0 aromatic heterocycles. The fraction of sp³-hybridized carbons (Fsp3) is 0.200. The summed E-state index contributed by atoms with van der Waals surface area (Å²) in [5, 5.41) is 4.47. The van der Waals surface area contributed by atoms with Crippen molar-refractivity contribution in [2.24, 2.45) is 0 Å². The molecule has 200 valence electrons. The SMILES string of the molecule is CC(C)N1C(=O)c2cc(Cl)c3c4c(Cl)cc5c6c(cc(Cl)c(c7c(Cl)cc(c2c37)C1=O)c64)C(=O)N(C(C)C)C5=O. The standard InChI is InChI=1S/C30H18Cl4N2O4/c1-9(2)35-27(37)11-5-15(31)21-23-17(33)7-13-20-14(30(40)36(10(3)4)29(13)39)8-18(34)24(26(20)23)22-16(32)6-12(28(35)38)19(11)25(21)22/h5-10H,1-4H3. The molecule has 2 aliphatic heterocycles. The van der Waals surface area contributed by atoms with E-state index in [0.717, 1.165) is 0 Å². The van der Waals surface area contributed by atoms with E-state index in [-0.39, 0.29) is 42.3 Å². The Hall–Kier alpha value is -3.16. The zero-order chi connectivity index (χ0) is 28.7. The summed E-state index contributed by atoms with van der Waals surface area (Å²) in [5.41, 5.74) is 1.07. The summed E-state index contributed by atoms with van der Waals surface area (Å²) in [5.74, 6) is -1.86. The number of hydrogen-bond donors (Lipinski definition) is 0. The first-order valence-corrected chi connectivity index (χ1v) is 14.1. The quantitative estimate of drug-likeness (QED) is 0.114. The van der Waals surface area contributed by atoms with Crippen LogP contribution >= 0.6 is 46.4 Å². The number of hydrogen-bond acceptors (Lipinski definition) is 4. The number of nitrogens with zero attached hydrogens (tertiary/aromatic N) is 2. The zero-order valence-electron chi connectivity index (χ0n) is 21.5. The number of carbonyl (C=O) groups excluding carboxylic acids is 4. The highest BCUT2D eigenvalue weighted by Gasteiger charge is 2.40. The summed E-state index contributed by atoms with van der Waals surface area (Å²) in [6.45, 7) is 7.02. The van der Waals surface area contributed by atoms with E-state index in [1.165, 1.54) is 9.80 Å². The number of benzene rings is 5. The van der Waals surface area contributed by atoms with Gasteiger partial charge in [0.15, 0.2) is 0 Å². The highest BCUT2D eigenvalue weighted by molar-refractivity contribution is 6.56. The van der Waals surface area contributed by atoms with Crippen molar-refractivity contribution < 1.29 is 19.2 Å². The molecule has 2 heterocycles. The first kappa shape index (κ1) is 25.8. The fourth-order valence-electron chi connectivity index (χ4n) is 6.43. The van der Waals surface area contributed by atoms with E-state index in [2.05, 4.69) is 0 Å². The molecule has 7 rings (SSSR count). The molecule has 5 aromatic rings. The molecule has 40 heavy (non-hydrogen) atoms. The predicted octanol–water partition coefficient (Wildman–Crippen LogP) is 8.36. The van der Waals surface area contributed by atoms with Gasteiger partial charge in [0.2, 0.25) is 0 Å². The smallest absolute Gasteiger partial charge is 0.261 e. The predicted molar refractivity (Wildman–Crippen MR) is 159 cm³/mol. The van der Waals surface area contributed by atoms with Crippen molar-refractivity contribution in [3.05, 3.63) is 66.6 Å². The minimum atomic E-state index is -0.465. The molecule has 0 aliphatic carbocycles. The Labute approximate surface area is 247 Å². The summed E-state index contributed by atoms with van der Waals surface area (Å²) in [4.78, 5) is 56.6. The van der Waals surface area contributed by atoms with Crippen LogP contribution in [-0.4, -0.2) is 45.5 Å². The third-order valence-corrected chi connectivity index (χ3v) is 9.14. The minimum Gasteiger partial charge on any atom is -0.272 e. The molecule has 6 nitrogen and oxygen atoms in total. The molecule has 0 radical (unpaired) electrons. The molecular formula is C30H18Cl4N2O4. The Morgan fingerprint density at radius 2 is 0.650 bits per heavy atom. The second-order valence-electron chi connectivity index (χ2n) is 10.8. The molecular weight excluding hydrogens is 594 g/mol. The first-order chi connectivity index (χ1) is 18.9. The Bertz CT molecular complexity index is 1820. The molecule has 0 atom stereocenters. The lowest BCUT2D eigenvalue weighted by Crippen LogP contribution is -2.44. The van der Waals surface area contributed by atoms with Gasteiger partial charge in [0.25, 0.3) is 23.6 Å². The molecule has 0 fully saturated rings. The molecule has 0 spiro atoms. The van der Waals surface area contributed by atoms with Gasteiger partial charge in [0.1, 0.15) is 0 Å². The number of fused-ring (bicyclic) bond motifs is 2. The maximum Gasteiger partial charge on any atom is 0.261 e. The number of rotatable bonds is 2. The monoisotopic (exact) mass is 610 g/mol. The molecule has 10 heteroatoms. The van der Waals surface area contributed by atoms with Crippen LogP contribution in [0.5, 0.6) is 0 Å². The van der Waals surface area contributed by atoms with Crippen molar-refractivity contribution in [3.8, 4) is 0 Å². The molecule has 2 aliphatic rings. The van der Waals surface area contributed by atoms with Gasteiger partial charge in [-0.2, -0.15) is 0 Å². The fourth-order valence-corrected chi connectivity index (χ4v) is 7.63. The maximum absolute atomic E-state index is 13.6. The summed E-state index contributed by atoms with van der Waals surface area (Å²) in [7, 11) is 0. The third-order valence-electron chi connectivity index (χ3n) is 7.95. The average molecular weight is 612 g/mol. The van der Waals surface area contributed by atoms with Gasteiger partial charge in [0.05, 0.1) is 22.3 Å². The van der Waals surface area contributed by atoms with E-state index in [1.807, 2.05) is 0 Å². The lowest BCUT2D eigenvalue weighted by molar-refractivity contribution is 0.0547. The molecule has 0 N–H and O–H groups in total. The van der Waals surface area contributed by atoms with E-state index in [9.17, 15) is 19.2 Å². The van der Waals surface area contributed by atoms with Crippen molar-refractivity contribution in [3.63, 3.8) is 0 Å². The van der Waals surface area contributed by atoms with Crippen LogP contribution in [0.1, 0.15) is 69.1 Å². The van der Waals surface area contributed by atoms with Gasteiger partial charge in [-0.25, -0.2) is 0 Å². The van der Waals surface area contributed by atoms with Gasteiger partial charge in [-0.05, 0) is 52.0 Å². The second kappa shape index (κ2) is 8.20. The maximum atomic E-state index is 13.6. The number of imide groups is 2. The van der Waals surface area contributed by atoms with E-state index in [4.69, 9.17) is 46.4 Å². The van der Waals surface area contributed by atoms with E-state index < -0.39 is 35.7 Å². The van der Waals surface area contributed by atoms with Gasteiger partial charge < -0.3 is 0 Å². The number of carbonyl (C=O) groups is 4. The van der Waals surface area contributed by atoms with Crippen LogP contribution in [0.15, 0.2) is 24.3 Å². The van der Waals surface area contributed by atoms with Gasteiger partial charge >= 0.3 is 0 Å². The summed E-state index contributed by atoms with van der Waals surface area (Å²) in [6.07, 6.45) is 0. The van der Waals surface area contributed by atoms with Crippen molar-refractivity contribution in [1.29, 1.82) is 0 Å². The van der Waals surface area contributed by atoms with Crippen molar-refractivity contribution >= 4 is 113 Å². The van der Waals surface area contributed by atoms with E-state index in [1.54, 1.807) is 52.0 Å². The Kier molecular flexibility index (Phi) is 5.29. The van der Waals surface area contributed by atoms with Crippen LogP contribution in [0.3, 0.4) is 0 Å².